The molecule has 0 unspecified atom stereocenters. The van der Waals surface area contributed by atoms with E-state index in [1.165, 1.54) is 13.2 Å². The van der Waals surface area contributed by atoms with Crippen LogP contribution in [0.1, 0.15) is 18.1 Å². The van der Waals surface area contributed by atoms with Gasteiger partial charge in [0.05, 0.1) is 25.3 Å². The number of nitrogens with zero attached hydrogens (tertiary/aromatic N) is 1. The van der Waals surface area contributed by atoms with E-state index in [0.29, 0.717) is 34.7 Å². The molecule has 1 N–H and O–H groups in total. The summed E-state index contributed by atoms with van der Waals surface area (Å²) in [6.45, 7) is 2.67. The monoisotopic (exact) mass is 444 g/mol. The highest BCUT2D eigenvalue weighted by Crippen LogP contribution is 2.37. The quantitative estimate of drug-likeness (QED) is 0.489. The maximum atomic E-state index is 12.4. The summed E-state index contributed by atoms with van der Waals surface area (Å²) >= 11 is 3.43. The van der Waals surface area contributed by atoms with Crippen molar-refractivity contribution in [3.8, 4) is 23.3 Å². The third-order valence-corrected chi connectivity index (χ3v) is 4.42. The first-order valence-electron chi connectivity index (χ1n) is 8.55. The summed E-state index contributed by atoms with van der Waals surface area (Å²) in [4.78, 5) is 12.4. The minimum atomic E-state index is -0.456. The van der Waals surface area contributed by atoms with Crippen LogP contribution in [0.25, 0.3) is 6.08 Å². The lowest BCUT2D eigenvalue weighted by Gasteiger charge is -2.12. The molecule has 0 aliphatic rings. The molecular weight excluding hydrogens is 424 g/mol. The van der Waals surface area contributed by atoms with Crippen molar-refractivity contribution >= 4 is 27.9 Å². The van der Waals surface area contributed by atoms with E-state index in [0.717, 1.165) is 11.3 Å². The van der Waals surface area contributed by atoms with E-state index in [9.17, 15) is 10.1 Å². The number of benzene rings is 2. The second kappa shape index (κ2) is 10.4. The fraction of sp³-hybridized carbons (Fsp3) is 0.238. The van der Waals surface area contributed by atoms with E-state index in [-0.39, 0.29) is 5.57 Å². The molecule has 2 rings (SSSR count). The molecule has 1 amide bonds. The molecule has 0 atom stereocenters. The molecule has 0 spiro atoms. The maximum Gasteiger partial charge on any atom is 0.262 e. The van der Waals surface area contributed by atoms with Crippen molar-refractivity contribution in [1.82, 2.24) is 5.32 Å². The third kappa shape index (κ3) is 5.51. The number of hydrogen-bond donors (Lipinski definition) is 1. The Morgan fingerprint density at radius 3 is 2.50 bits per heavy atom. The minimum absolute atomic E-state index is 0.00775. The SMILES string of the molecule is CCOc1c(Br)cc(/C=C(/C#N)C(=O)NCc2ccc(OC)cc2)cc1OC. The average Bonchev–Trinajstić information content (AvgIpc) is 2.72. The van der Waals surface area contributed by atoms with E-state index < -0.39 is 5.91 Å². The van der Waals surface area contributed by atoms with Crippen LogP contribution < -0.4 is 19.5 Å². The first-order valence-corrected chi connectivity index (χ1v) is 9.34. The summed E-state index contributed by atoms with van der Waals surface area (Å²) in [7, 11) is 3.12. The molecule has 28 heavy (non-hydrogen) atoms. The van der Waals surface area contributed by atoms with Crippen LogP contribution in [-0.2, 0) is 11.3 Å². The highest BCUT2D eigenvalue weighted by Gasteiger charge is 2.13. The predicted octanol–water partition coefficient (Wildman–Crippen LogP) is 4.09. The van der Waals surface area contributed by atoms with Gasteiger partial charge in [-0.2, -0.15) is 5.26 Å². The lowest BCUT2D eigenvalue weighted by atomic mass is 10.1. The first kappa shape index (κ1) is 21.3. The Morgan fingerprint density at radius 1 is 1.21 bits per heavy atom. The van der Waals surface area contributed by atoms with E-state index in [1.807, 2.05) is 37.3 Å². The Bertz CT molecular complexity index is 902. The van der Waals surface area contributed by atoms with Gasteiger partial charge in [-0.05, 0) is 64.3 Å². The van der Waals surface area contributed by atoms with Crippen LogP contribution in [0.5, 0.6) is 17.2 Å². The van der Waals surface area contributed by atoms with Gasteiger partial charge in [0, 0.05) is 6.54 Å². The van der Waals surface area contributed by atoms with Gasteiger partial charge in [0.15, 0.2) is 11.5 Å². The number of halogens is 1. The van der Waals surface area contributed by atoms with E-state index in [1.54, 1.807) is 19.2 Å². The fourth-order valence-electron chi connectivity index (χ4n) is 2.44. The molecule has 0 saturated carbocycles. The molecule has 0 saturated heterocycles. The maximum absolute atomic E-state index is 12.4. The van der Waals surface area contributed by atoms with Gasteiger partial charge in [0.25, 0.3) is 5.91 Å². The molecule has 146 valence electrons. The van der Waals surface area contributed by atoms with Crippen molar-refractivity contribution in [2.24, 2.45) is 0 Å². The van der Waals surface area contributed by atoms with Gasteiger partial charge in [0.2, 0.25) is 0 Å². The van der Waals surface area contributed by atoms with Crippen molar-refractivity contribution in [3.05, 3.63) is 57.6 Å². The van der Waals surface area contributed by atoms with Crippen LogP contribution in [0.15, 0.2) is 46.4 Å². The lowest BCUT2D eigenvalue weighted by Crippen LogP contribution is -2.23. The zero-order chi connectivity index (χ0) is 20.5. The number of ether oxygens (including phenoxy) is 3. The highest BCUT2D eigenvalue weighted by molar-refractivity contribution is 9.10. The Labute approximate surface area is 172 Å². The van der Waals surface area contributed by atoms with Crippen molar-refractivity contribution < 1.29 is 19.0 Å². The Morgan fingerprint density at radius 2 is 1.93 bits per heavy atom. The number of amides is 1. The van der Waals surface area contributed by atoms with Crippen LogP contribution in [0.2, 0.25) is 0 Å². The molecule has 2 aromatic rings. The van der Waals surface area contributed by atoms with Crippen LogP contribution in [-0.4, -0.2) is 26.7 Å². The number of carbonyl (C=O) groups excluding carboxylic acids is 1. The number of nitriles is 1. The smallest absolute Gasteiger partial charge is 0.262 e. The van der Waals surface area contributed by atoms with Crippen molar-refractivity contribution in [3.63, 3.8) is 0 Å². The lowest BCUT2D eigenvalue weighted by molar-refractivity contribution is -0.117. The number of hydrogen-bond acceptors (Lipinski definition) is 5. The van der Waals surface area contributed by atoms with Crippen molar-refractivity contribution in [1.29, 1.82) is 5.26 Å². The number of rotatable bonds is 8. The van der Waals surface area contributed by atoms with Gasteiger partial charge in [-0.1, -0.05) is 12.1 Å². The van der Waals surface area contributed by atoms with Crippen LogP contribution >= 0.6 is 15.9 Å². The summed E-state index contributed by atoms with van der Waals surface area (Å²) in [6, 6.07) is 12.7. The predicted molar refractivity (Wildman–Crippen MR) is 110 cm³/mol. The largest absolute Gasteiger partial charge is 0.497 e. The summed E-state index contributed by atoms with van der Waals surface area (Å²) in [5, 5.41) is 12.1. The van der Waals surface area contributed by atoms with Crippen LogP contribution in [0.3, 0.4) is 0 Å². The summed E-state index contributed by atoms with van der Waals surface area (Å²) < 4.78 is 16.7. The molecule has 0 fully saturated rings. The normalized spacial score (nSPS) is 10.8. The fourth-order valence-corrected chi connectivity index (χ4v) is 3.02. The zero-order valence-corrected chi connectivity index (χ0v) is 17.5. The molecule has 2 aromatic carbocycles. The van der Waals surface area contributed by atoms with Gasteiger partial charge < -0.3 is 19.5 Å². The average molecular weight is 445 g/mol. The molecule has 7 heteroatoms. The molecule has 0 aromatic heterocycles. The number of carbonyl (C=O) groups is 1. The Balaban J connectivity index is 2.16. The highest BCUT2D eigenvalue weighted by atomic mass is 79.9. The molecular formula is C21H21BrN2O4. The van der Waals surface area contributed by atoms with E-state index in [2.05, 4.69) is 21.2 Å². The molecule has 0 aliphatic heterocycles. The minimum Gasteiger partial charge on any atom is -0.497 e. The van der Waals surface area contributed by atoms with Gasteiger partial charge >= 0.3 is 0 Å². The van der Waals surface area contributed by atoms with Crippen LogP contribution in [0, 0.1) is 11.3 Å². The standard InChI is InChI=1S/C21H21BrN2O4/c1-4-28-20-18(22)10-15(11-19(20)27-3)9-16(12-23)21(25)24-13-14-5-7-17(26-2)8-6-14/h5-11H,4,13H2,1-3H3,(H,24,25)/b16-9-. The zero-order valence-electron chi connectivity index (χ0n) is 15.9. The summed E-state index contributed by atoms with van der Waals surface area (Å²) in [5.74, 6) is 1.37. The van der Waals surface area contributed by atoms with E-state index >= 15 is 0 Å². The van der Waals surface area contributed by atoms with Gasteiger partial charge in [0.1, 0.15) is 17.4 Å². The number of methoxy groups -OCH3 is 2. The Kier molecular flexibility index (Phi) is 7.90. The second-order valence-corrected chi connectivity index (χ2v) is 6.52. The van der Waals surface area contributed by atoms with Crippen molar-refractivity contribution in [2.75, 3.05) is 20.8 Å². The van der Waals surface area contributed by atoms with E-state index in [4.69, 9.17) is 14.2 Å². The molecule has 0 aliphatic carbocycles. The van der Waals surface area contributed by atoms with Gasteiger partial charge in [-0.15, -0.1) is 0 Å². The van der Waals surface area contributed by atoms with Gasteiger partial charge in [-0.3, -0.25) is 4.79 Å². The topological polar surface area (TPSA) is 80.6 Å². The molecule has 0 radical (unpaired) electrons. The molecule has 0 bridgehead atoms. The summed E-state index contributed by atoms with van der Waals surface area (Å²) in [6.07, 6.45) is 1.51. The number of nitrogens with one attached hydrogen (secondary N) is 1. The summed E-state index contributed by atoms with van der Waals surface area (Å²) in [5.41, 5.74) is 1.53. The second-order valence-electron chi connectivity index (χ2n) is 5.67. The molecule has 0 heterocycles. The van der Waals surface area contributed by atoms with Gasteiger partial charge in [-0.25, -0.2) is 0 Å². The molecule has 6 nitrogen and oxygen atoms in total. The van der Waals surface area contributed by atoms with Crippen LogP contribution in [0.4, 0.5) is 0 Å². The van der Waals surface area contributed by atoms with Crippen molar-refractivity contribution in [2.45, 2.75) is 13.5 Å². The Hall–Kier alpha value is -2.98. The third-order valence-electron chi connectivity index (χ3n) is 3.83. The first-order chi connectivity index (χ1) is 13.5.